The van der Waals surface area contributed by atoms with Crippen LogP contribution in [-0.2, 0) is 4.74 Å². The summed E-state index contributed by atoms with van der Waals surface area (Å²) in [5, 5.41) is 13.1. The van der Waals surface area contributed by atoms with Crippen molar-refractivity contribution >= 4 is 17.1 Å². The van der Waals surface area contributed by atoms with Crippen LogP contribution in [0, 0.1) is 5.21 Å². The van der Waals surface area contributed by atoms with Crippen LogP contribution in [0.25, 0.3) is 0 Å². The molecule has 0 saturated carbocycles. The second kappa shape index (κ2) is 6.76. The number of hydrogen-bond acceptors (Lipinski definition) is 6. The highest BCUT2D eigenvalue weighted by atomic mass is 16.5. The second-order valence-corrected chi connectivity index (χ2v) is 5.59. The number of benzene rings is 2. The highest BCUT2D eigenvalue weighted by Crippen LogP contribution is 2.30. The zero-order valence-corrected chi connectivity index (χ0v) is 12.8. The van der Waals surface area contributed by atoms with E-state index in [1.54, 1.807) is 42.5 Å². The monoisotopic (exact) mass is 314 g/mol. The maximum atomic E-state index is 12.1. The molecule has 0 aliphatic carbocycles. The summed E-state index contributed by atoms with van der Waals surface area (Å²) >= 11 is 0. The van der Waals surface area contributed by atoms with Gasteiger partial charge in [-0.15, -0.1) is 0 Å². The molecule has 1 aliphatic rings. The molecule has 0 aromatic heterocycles. The van der Waals surface area contributed by atoms with Crippen LogP contribution < -0.4 is 21.3 Å². The summed E-state index contributed by atoms with van der Waals surface area (Å²) in [5.41, 5.74) is 13.2. The molecule has 1 heterocycles. The normalized spacial score (nSPS) is 17.2. The van der Waals surface area contributed by atoms with Crippen LogP contribution in [0.1, 0.15) is 12.8 Å². The quantitative estimate of drug-likeness (QED) is 0.650. The maximum Gasteiger partial charge on any atom is 0.152 e. The van der Waals surface area contributed by atoms with Gasteiger partial charge in [-0.05, 0) is 49.2 Å². The lowest BCUT2D eigenvalue weighted by molar-refractivity contribution is 0.117. The molecule has 2 aromatic carbocycles. The molecule has 1 unspecified atom stereocenters. The molecule has 0 radical (unpaired) electrons. The second-order valence-electron chi connectivity index (χ2n) is 5.59. The SMILES string of the molecule is Nc1ccc(N)c(Oc2ccc(N([O-])CC3CCCO3)cc2)c1. The third-order valence-corrected chi connectivity index (χ3v) is 3.78. The van der Waals surface area contributed by atoms with Crippen LogP contribution in [0.5, 0.6) is 11.5 Å². The van der Waals surface area contributed by atoms with Gasteiger partial charge < -0.3 is 31.2 Å². The molecule has 0 amide bonds. The summed E-state index contributed by atoms with van der Waals surface area (Å²) in [6.45, 7) is 1.09. The summed E-state index contributed by atoms with van der Waals surface area (Å²) in [4.78, 5) is 0. The number of nitrogens with two attached hydrogens (primary N) is 2. The van der Waals surface area contributed by atoms with Gasteiger partial charge in [-0.25, -0.2) is 0 Å². The molecule has 1 atom stereocenters. The molecule has 6 nitrogen and oxygen atoms in total. The van der Waals surface area contributed by atoms with E-state index < -0.39 is 0 Å². The number of hydroxylamine groups is 1. The van der Waals surface area contributed by atoms with Gasteiger partial charge in [0, 0.05) is 30.6 Å². The van der Waals surface area contributed by atoms with Crippen LogP contribution in [-0.4, -0.2) is 19.3 Å². The van der Waals surface area contributed by atoms with Crippen molar-refractivity contribution < 1.29 is 9.47 Å². The summed E-state index contributed by atoms with van der Waals surface area (Å²) in [6.07, 6.45) is 1.98. The summed E-state index contributed by atoms with van der Waals surface area (Å²) in [7, 11) is 0. The molecular weight excluding hydrogens is 294 g/mol. The summed E-state index contributed by atoms with van der Waals surface area (Å²) in [5.74, 6) is 1.09. The van der Waals surface area contributed by atoms with Gasteiger partial charge in [0.05, 0.1) is 11.8 Å². The Hall–Kier alpha value is -2.44. The van der Waals surface area contributed by atoms with E-state index in [1.165, 1.54) is 0 Å². The molecule has 3 rings (SSSR count). The van der Waals surface area contributed by atoms with Gasteiger partial charge in [0.25, 0.3) is 0 Å². The molecule has 0 bridgehead atoms. The maximum absolute atomic E-state index is 12.1. The fourth-order valence-electron chi connectivity index (χ4n) is 2.53. The highest BCUT2D eigenvalue weighted by molar-refractivity contribution is 5.61. The minimum Gasteiger partial charge on any atom is -0.758 e. The van der Waals surface area contributed by atoms with Gasteiger partial charge in [0.1, 0.15) is 5.75 Å². The van der Waals surface area contributed by atoms with Crippen molar-refractivity contribution in [2.75, 3.05) is 29.7 Å². The first-order chi connectivity index (χ1) is 11.1. The van der Waals surface area contributed by atoms with Gasteiger partial charge in [0.2, 0.25) is 0 Å². The van der Waals surface area contributed by atoms with E-state index in [9.17, 15) is 5.21 Å². The molecule has 1 fully saturated rings. The predicted octanol–water partition coefficient (Wildman–Crippen LogP) is 3.13. The van der Waals surface area contributed by atoms with Crippen molar-refractivity contribution in [3.8, 4) is 11.5 Å². The molecule has 2 aromatic rings. The van der Waals surface area contributed by atoms with Crippen molar-refractivity contribution in [3.05, 3.63) is 47.7 Å². The van der Waals surface area contributed by atoms with Gasteiger partial charge in [-0.2, -0.15) is 0 Å². The van der Waals surface area contributed by atoms with E-state index in [1.807, 2.05) is 0 Å². The first-order valence-electron chi connectivity index (χ1n) is 7.61. The average molecular weight is 314 g/mol. The fraction of sp³-hybridized carbons (Fsp3) is 0.294. The Morgan fingerprint density at radius 1 is 1.17 bits per heavy atom. The molecule has 4 N–H and O–H groups in total. The van der Waals surface area contributed by atoms with Crippen molar-refractivity contribution in [2.24, 2.45) is 0 Å². The first kappa shape index (κ1) is 15.5. The molecule has 23 heavy (non-hydrogen) atoms. The molecule has 1 aliphatic heterocycles. The van der Waals surface area contributed by atoms with Crippen molar-refractivity contribution in [3.63, 3.8) is 0 Å². The number of rotatable bonds is 5. The van der Waals surface area contributed by atoms with Crippen LogP contribution >= 0.6 is 0 Å². The standard InChI is InChI=1S/C17H20N3O3/c18-12-3-8-16(19)17(10-12)23-14-6-4-13(5-7-14)20(21)11-15-2-1-9-22-15/h3-8,10,15H,1-2,9,11,18-19H2/q-1. The Morgan fingerprint density at radius 2 is 1.96 bits per heavy atom. The van der Waals surface area contributed by atoms with Crippen molar-refractivity contribution in [2.45, 2.75) is 18.9 Å². The molecule has 122 valence electrons. The number of nitrogen functional groups attached to an aromatic ring is 2. The molecule has 6 heteroatoms. The number of nitrogens with zero attached hydrogens (tertiary/aromatic N) is 1. The Balaban J connectivity index is 1.65. The third kappa shape index (κ3) is 3.85. The third-order valence-electron chi connectivity index (χ3n) is 3.78. The fourth-order valence-corrected chi connectivity index (χ4v) is 2.53. The van der Waals surface area contributed by atoms with Crippen molar-refractivity contribution in [1.29, 1.82) is 0 Å². The Morgan fingerprint density at radius 3 is 2.65 bits per heavy atom. The molecule has 1 saturated heterocycles. The van der Waals surface area contributed by atoms with E-state index in [4.69, 9.17) is 20.9 Å². The lowest BCUT2D eigenvalue weighted by Crippen LogP contribution is -2.26. The topological polar surface area (TPSA) is 96.8 Å². The van der Waals surface area contributed by atoms with Gasteiger partial charge >= 0.3 is 0 Å². The van der Waals surface area contributed by atoms with Crippen LogP contribution in [0.15, 0.2) is 42.5 Å². The zero-order valence-electron chi connectivity index (χ0n) is 12.8. The smallest absolute Gasteiger partial charge is 0.152 e. The lowest BCUT2D eigenvalue weighted by Gasteiger charge is -2.32. The summed E-state index contributed by atoms with van der Waals surface area (Å²) < 4.78 is 11.2. The Bertz CT molecular complexity index is 655. The molecule has 0 spiro atoms. The first-order valence-corrected chi connectivity index (χ1v) is 7.61. The van der Waals surface area contributed by atoms with E-state index in [0.717, 1.165) is 24.5 Å². The number of hydrogen-bond donors (Lipinski definition) is 2. The minimum atomic E-state index is 0.0236. The highest BCUT2D eigenvalue weighted by Gasteiger charge is 2.16. The van der Waals surface area contributed by atoms with Gasteiger partial charge in [-0.1, -0.05) is 0 Å². The number of anilines is 3. The zero-order chi connectivity index (χ0) is 16.2. The average Bonchev–Trinajstić information content (AvgIpc) is 3.04. The Kier molecular flexibility index (Phi) is 4.55. The van der Waals surface area contributed by atoms with Crippen LogP contribution in [0.3, 0.4) is 0 Å². The van der Waals surface area contributed by atoms with Crippen molar-refractivity contribution in [1.82, 2.24) is 0 Å². The minimum absolute atomic E-state index is 0.0236. The van der Waals surface area contributed by atoms with Gasteiger partial charge in [-0.3, -0.25) is 0 Å². The number of ether oxygens (including phenoxy) is 2. The van der Waals surface area contributed by atoms with E-state index >= 15 is 0 Å². The molecular formula is C17H20N3O3-. The predicted molar refractivity (Wildman–Crippen MR) is 91.5 cm³/mol. The van der Waals surface area contributed by atoms with E-state index in [2.05, 4.69) is 0 Å². The lowest BCUT2D eigenvalue weighted by atomic mass is 10.2. The van der Waals surface area contributed by atoms with Crippen LogP contribution in [0.4, 0.5) is 17.1 Å². The van der Waals surface area contributed by atoms with Gasteiger partial charge in [0.15, 0.2) is 5.75 Å². The summed E-state index contributed by atoms with van der Waals surface area (Å²) in [6, 6.07) is 12.0. The van der Waals surface area contributed by atoms with Crippen LogP contribution in [0.2, 0.25) is 0 Å². The largest absolute Gasteiger partial charge is 0.758 e. The Labute approximate surface area is 135 Å². The van der Waals surface area contributed by atoms with E-state index in [-0.39, 0.29) is 6.10 Å². The van der Waals surface area contributed by atoms with E-state index in [0.29, 0.717) is 35.1 Å².